The number of carbonyl (C=O) groups excluding carboxylic acids is 1. The second kappa shape index (κ2) is 5.96. The standard InChI is InChI=1S/C13H7BrF2INO/c14-9-3-1-7(5-10(9)16)13(19)18-12-4-2-8(15)6-11(12)17/h1-6H,(H,18,19). The second-order valence-corrected chi connectivity index (χ2v) is 5.72. The quantitative estimate of drug-likeness (QED) is 0.684. The number of halogens is 4. The molecule has 0 aliphatic heterocycles. The van der Waals surface area contributed by atoms with Crippen LogP contribution in [0.25, 0.3) is 0 Å². The summed E-state index contributed by atoms with van der Waals surface area (Å²) in [5.74, 6) is -1.34. The Morgan fingerprint density at radius 2 is 1.89 bits per heavy atom. The van der Waals surface area contributed by atoms with E-state index >= 15 is 0 Å². The molecule has 0 atom stereocenters. The van der Waals surface area contributed by atoms with Crippen molar-refractivity contribution in [1.82, 2.24) is 0 Å². The van der Waals surface area contributed by atoms with Gasteiger partial charge in [0.1, 0.15) is 11.6 Å². The van der Waals surface area contributed by atoms with Gasteiger partial charge in [0.05, 0.1) is 10.2 Å². The van der Waals surface area contributed by atoms with E-state index in [2.05, 4.69) is 21.2 Å². The highest BCUT2D eigenvalue weighted by Crippen LogP contribution is 2.21. The summed E-state index contributed by atoms with van der Waals surface area (Å²) in [7, 11) is 0. The zero-order chi connectivity index (χ0) is 14.0. The van der Waals surface area contributed by atoms with Gasteiger partial charge in [0.15, 0.2) is 0 Å². The summed E-state index contributed by atoms with van der Waals surface area (Å²) in [5.41, 5.74) is 0.677. The fourth-order valence-corrected chi connectivity index (χ4v) is 2.28. The highest BCUT2D eigenvalue weighted by molar-refractivity contribution is 14.1. The molecule has 0 unspecified atom stereocenters. The third-order valence-corrected chi connectivity index (χ3v) is 3.90. The van der Waals surface area contributed by atoms with E-state index < -0.39 is 11.7 Å². The number of anilines is 1. The van der Waals surface area contributed by atoms with Crippen LogP contribution < -0.4 is 5.32 Å². The highest BCUT2D eigenvalue weighted by atomic mass is 127. The monoisotopic (exact) mass is 437 g/mol. The van der Waals surface area contributed by atoms with Gasteiger partial charge in [0, 0.05) is 9.13 Å². The third-order valence-electron chi connectivity index (χ3n) is 2.36. The van der Waals surface area contributed by atoms with E-state index in [9.17, 15) is 13.6 Å². The molecule has 2 aromatic carbocycles. The summed E-state index contributed by atoms with van der Waals surface area (Å²) >= 11 is 4.93. The Hall–Kier alpha value is -1.02. The lowest BCUT2D eigenvalue weighted by molar-refractivity contribution is 0.102. The number of hydrogen-bond acceptors (Lipinski definition) is 1. The van der Waals surface area contributed by atoms with Gasteiger partial charge in [-0.3, -0.25) is 4.79 Å². The van der Waals surface area contributed by atoms with Gasteiger partial charge in [-0.25, -0.2) is 8.78 Å². The molecule has 0 radical (unpaired) electrons. The number of amides is 1. The maximum absolute atomic E-state index is 13.3. The second-order valence-electron chi connectivity index (χ2n) is 3.71. The maximum Gasteiger partial charge on any atom is 0.255 e. The molecule has 0 saturated carbocycles. The van der Waals surface area contributed by atoms with Crippen LogP contribution in [-0.2, 0) is 0 Å². The molecular weight excluding hydrogens is 431 g/mol. The Kier molecular flexibility index (Phi) is 4.51. The summed E-state index contributed by atoms with van der Waals surface area (Å²) in [6.45, 7) is 0. The lowest BCUT2D eigenvalue weighted by Gasteiger charge is -2.08. The molecule has 2 aromatic rings. The van der Waals surface area contributed by atoms with Crippen molar-refractivity contribution in [2.45, 2.75) is 0 Å². The van der Waals surface area contributed by atoms with Crippen molar-refractivity contribution >= 4 is 50.1 Å². The summed E-state index contributed by atoms with van der Waals surface area (Å²) < 4.78 is 27.1. The molecule has 0 heterocycles. The van der Waals surface area contributed by atoms with Crippen LogP contribution in [-0.4, -0.2) is 5.91 Å². The van der Waals surface area contributed by atoms with Crippen LogP contribution in [0.3, 0.4) is 0 Å². The molecule has 0 bridgehead atoms. The Bertz CT molecular complexity index is 649. The fraction of sp³-hybridized carbons (Fsp3) is 0. The molecule has 1 N–H and O–H groups in total. The highest BCUT2D eigenvalue weighted by Gasteiger charge is 2.11. The minimum atomic E-state index is -0.513. The van der Waals surface area contributed by atoms with Gasteiger partial charge in [-0.05, 0) is 74.9 Å². The molecule has 0 aliphatic carbocycles. The molecule has 0 fully saturated rings. The van der Waals surface area contributed by atoms with Crippen LogP contribution >= 0.6 is 38.5 Å². The van der Waals surface area contributed by atoms with Crippen LogP contribution in [0.2, 0.25) is 0 Å². The minimum Gasteiger partial charge on any atom is -0.321 e. The lowest BCUT2D eigenvalue weighted by atomic mass is 10.2. The van der Waals surface area contributed by atoms with Crippen molar-refractivity contribution in [3.8, 4) is 0 Å². The molecule has 0 aliphatic rings. The zero-order valence-electron chi connectivity index (χ0n) is 9.38. The zero-order valence-corrected chi connectivity index (χ0v) is 13.1. The van der Waals surface area contributed by atoms with Crippen molar-refractivity contribution in [2.75, 3.05) is 5.32 Å². The van der Waals surface area contributed by atoms with Crippen LogP contribution in [0.4, 0.5) is 14.5 Å². The summed E-state index contributed by atoms with van der Waals surface area (Å²) in [6, 6.07) is 8.11. The van der Waals surface area contributed by atoms with E-state index in [1.165, 1.54) is 30.3 Å². The first-order chi connectivity index (χ1) is 8.97. The molecule has 2 rings (SSSR count). The maximum atomic E-state index is 13.3. The Labute approximate surface area is 130 Å². The van der Waals surface area contributed by atoms with E-state index in [1.54, 1.807) is 0 Å². The minimum absolute atomic E-state index is 0.195. The first kappa shape index (κ1) is 14.4. The molecule has 2 nitrogen and oxygen atoms in total. The first-order valence-electron chi connectivity index (χ1n) is 5.19. The van der Waals surface area contributed by atoms with E-state index in [0.717, 1.165) is 6.07 Å². The molecular formula is C13H7BrF2INO. The number of nitrogens with one attached hydrogen (secondary N) is 1. The van der Waals surface area contributed by atoms with Crippen LogP contribution in [0.5, 0.6) is 0 Å². The van der Waals surface area contributed by atoms with Crippen molar-refractivity contribution in [1.29, 1.82) is 0 Å². The van der Waals surface area contributed by atoms with Gasteiger partial charge in [-0.1, -0.05) is 0 Å². The van der Waals surface area contributed by atoms with E-state index in [-0.39, 0.29) is 11.4 Å². The van der Waals surface area contributed by atoms with Crippen LogP contribution in [0.1, 0.15) is 10.4 Å². The van der Waals surface area contributed by atoms with Gasteiger partial charge in [0.2, 0.25) is 0 Å². The number of rotatable bonds is 2. The molecule has 6 heteroatoms. The van der Waals surface area contributed by atoms with Gasteiger partial charge in [0.25, 0.3) is 5.91 Å². The normalized spacial score (nSPS) is 10.3. The SMILES string of the molecule is O=C(Nc1ccc(F)cc1I)c1ccc(Br)c(F)c1. The van der Waals surface area contributed by atoms with Crippen molar-refractivity contribution in [3.63, 3.8) is 0 Å². The number of benzene rings is 2. The fourth-order valence-electron chi connectivity index (χ4n) is 1.42. The Balaban J connectivity index is 2.23. The topological polar surface area (TPSA) is 29.1 Å². The largest absolute Gasteiger partial charge is 0.321 e. The Morgan fingerprint density at radius 1 is 1.16 bits per heavy atom. The van der Waals surface area contributed by atoms with Gasteiger partial charge < -0.3 is 5.32 Å². The molecule has 1 amide bonds. The van der Waals surface area contributed by atoms with Gasteiger partial charge >= 0.3 is 0 Å². The number of hydrogen-bond donors (Lipinski definition) is 1. The van der Waals surface area contributed by atoms with E-state index in [1.807, 2.05) is 22.6 Å². The predicted octanol–water partition coefficient (Wildman–Crippen LogP) is 4.58. The summed E-state index contributed by atoms with van der Waals surface area (Å²) in [6.07, 6.45) is 0. The predicted molar refractivity (Wildman–Crippen MR) is 81.2 cm³/mol. The first-order valence-corrected chi connectivity index (χ1v) is 7.06. The number of carbonyl (C=O) groups is 1. The molecule has 98 valence electrons. The Morgan fingerprint density at radius 3 is 2.53 bits per heavy atom. The molecule has 19 heavy (non-hydrogen) atoms. The average Bonchev–Trinajstić information content (AvgIpc) is 2.36. The average molecular weight is 438 g/mol. The van der Waals surface area contributed by atoms with Crippen LogP contribution in [0.15, 0.2) is 40.9 Å². The summed E-state index contributed by atoms with van der Waals surface area (Å²) in [5, 5.41) is 2.61. The van der Waals surface area contributed by atoms with Crippen LogP contribution in [0, 0.1) is 15.2 Å². The van der Waals surface area contributed by atoms with Crippen molar-refractivity contribution < 1.29 is 13.6 Å². The van der Waals surface area contributed by atoms with Gasteiger partial charge in [-0.15, -0.1) is 0 Å². The van der Waals surface area contributed by atoms with Crippen molar-refractivity contribution in [3.05, 3.63) is 61.6 Å². The lowest BCUT2D eigenvalue weighted by Crippen LogP contribution is -2.13. The summed E-state index contributed by atoms with van der Waals surface area (Å²) in [4.78, 5) is 11.9. The molecule has 0 spiro atoms. The molecule has 0 saturated heterocycles. The van der Waals surface area contributed by atoms with E-state index in [0.29, 0.717) is 13.7 Å². The van der Waals surface area contributed by atoms with E-state index in [4.69, 9.17) is 0 Å². The smallest absolute Gasteiger partial charge is 0.255 e. The third kappa shape index (κ3) is 3.50. The van der Waals surface area contributed by atoms with Gasteiger partial charge in [-0.2, -0.15) is 0 Å². The molecule has 0 aromatic heterocycles. The van der Waals surface area contributed by atoms with Crippen molar-refractivity contribution in [2.24, 2.45) is 0 Å².